The molecule has 1 aromatic carbocycles. The van der Waals surface area contributed by atoms with Gasteiger partial charge in [-0.1, -0.05) is 12.1 Å². The highest BCUT2D eigenvalue weighted by Gasteiger charge is 2.25. The number of ether oxygens (including phenoxy) is 1. The van der Waals surface area contributed by atoms with Crippen molar-refractivity contribution in [3.8, 4) is 0 Å². The topological polar surface area (TPSA) is 52.3 Å². The van der Waals surface area contributed by atoms with E-state index in [-0.39, 0.29) is 6.04 Å². The summed E-state index contributed by atoms with van der Waals surface area (Å²) in [5.74, 6) is 0.845. The quantitative estimate of drug-likeness (QED) is 0.923. The van der Waals surface area contributed by atoms with Gasteiger partial charge in [-0.25, -0.2) is 0 Å². The lowest BCUT2D eigenvalue weighted by Gasteiger charge is -2.17. The Bertz CT molecular complexity index is 407. The normalized spacial score (nSPS) is 23.5. The highest BCUT2D eigenvalue weighted by molar-refractivity contribution is 9.10. The third kappa shape index (κ3) is 3.37. The maximum absolute atomic E-state index is 12.2. The number of nitrogens with two attached hydrogens (primary N) is 1. The third-order valence-electron chi connectivity index (χ3n) is 3.00. The molecule has 0 saturated carbocycles. The fourth-order valence-electron chi connectivity index (χ4n) is 1.92. The molecule has 2 rings (SSSR count). The standard InChI is InChI=1S/C12H16BrNO2S/c13-10-3-1-2-4-12(10)17(15)8-11(14)9-5-6-16-7-9/h1-4,9,11H,5-8,14H2. The van der Waals surface area contributed by atoms with Gasteiger partial charge in [-0.3, -0.25) is 4.21 Å². The summed E-state index contributed by atoms with van der Waals surface area (Å²) in [5.41, 5.74) is 6.08. The fourth-order valence-corrected chi connectivity index (χ4v) is 4.06. The van der Waals surface area contributed by atoms with E-state index >= 15 is 0 Å². The van der Waals surface area contributed by atoms with Crippen LogP contribution in [0.4, 0.5) is 0 Å². The van der Waals surface area contributed by atoms with Gasteiger partial charge in [0.15, 0.2) is 0 Å². The van der Waals surface area contributed by atoms with Crippen LogP contribution in [0.15, 0.2) is 33.6 Å². The zero-order valence-corrected chi connectivity index (χ0v) is 11.9. The minimum atomic E-state index is -1.05. The lowest BCUT2D eigenvalue weighted by Crippen LogP contribution is -2.35. The largest absolute Gasteiger partial charge is 0.381 e. The van der Waals surface area contributed by atoms with Crippen LogP contribution in [0.1, 0.15) is 6.42 Å². The Morgan fingerprint density at radius 3 is 2.94 bits per heavy atom. The van der Waals surface area contributed by atoms with Gasteiger partial charge < -0.3 is 10.5 Å². The van der Waals surface area contributed by atoms with Crippen molar-refractivity contribution in [1.82, 2.24) is 0 Å². The maximum Gasteiger partial charge on any atom is 0.0556 e. The molecule has 3 nitrogen and oxygen atoms in total. The molecule has 0 aromatic heterocycles. The van der Waals surface area contributed by atoms with Crippen LogP contribution in [-0.4, -0.2) is 29.2 Å². The molecule has 2 N–H and O–H groups in total. The fraction of sp³-hybridized carbons (Fsp3) is 0.500. The van der Waals surface area contributed by atoms with Crippen LogP contribution in [0, 0.1) is 5.92 Å². The molecule has 17 heavy (non-hydrogen) atoms. The molecular formula is C12H16BrNO2S. The Hall–Kier alpha value is -0.230. The summed E-state index contributed by atoms with van der Waals surface area (Å²) in [6.45, 7) is 1.48. The van der Waals surface area contributed by atoms with Crippen molar-refractivity contribution >= 4 is 26.7 Å². The second-order valence-corrected chi connectivity index (χ2v) is 6.55. The molecule has 1 aromatic rings. The van der Waals surface area contributed by atoms with Crippen LogP contribution in [0.5, 0.6) is 0 Å². The molecule has 1 saturated heterocycles. The van der Waals surface area contributed by atoms with Crippen LogP contribution < -0.4 is 5.73 Å². The van der Waals surface area contributed by atoms with Gasteiger partial charge in [0.2, 0.25) is 0 Å². The van der Waals surface area contributed by atoms with E-state index in [9.17, 15) is 4.21 Å². The number of hydrogen-bond donors (Lipinski definition) is 1. The smallest absolute Gasteiger partial charge is 0.0556 e. The maximum atomic E-state index is 12.2. The predicted molar refractivity (Wildman–Crippen MR) is 72.3 cm³/mol. The molecular weight excluding hydrogens is 302 g/mol. The van der Waals surface area contributed by atoms with Gasteiger partial charge in [-0.15, -0.1) is 0 Å². The Balaban J connectivity index is 1.99. The minimum absolute atomic E-state index is 0.0505. The van der Waals surface area contributed by atoms with Gasteiger partial charge in [0.25, 0.3) is 0 Å². The monoisotopic (exact) mass is 317 g/mol. The predicted octanol–water partition coefficient (Wildman–Crippen LogP) is 1.92. The summed E-state index contributed by atoms with van der Waals surface area (Å²) in [4.78, 5) is 0.821. The van der Waals surface area contributed by atoms with Crippen molar-refractivity contribution in [3.05, 3.63) is 28.7 Å². The first-order chi connectivity index (χ1) is 8.18. The lowest BCUT2D eigenvalue weighted by atomic mass is 10.0. The summed E-state index contributed by atoms with van der Waals surface area (Å²) >= 11 is 3.41. The Labute approximate surface area is 112 Å². The van der Waals surface area contributed by atoms with Crippen molar-refractivity contribution < 1.29 is 8.95 Å². The second-order valence-electron chi connectivity index (χ2n) is 4.23. The van der Waals surface area contributed by atoms with E-state index in [1.807, 2.05) is 24.3 Å². The van der Waals surface area contributed by atoms with Crippen LogP contribution in [0.25, 0.3) is 0 Å². The first-order valence-electron chi connectivity index (χ1n) is 5.64. The van der Waals surface area contributed by atoms with E-state index < -0.39 is 10.8 Å². The Kier molecular flexibility index (Phi) is 4.73. The molecule has 0 amide bonds. The zero-order valence-electron chi connectivity index (χ0n) is 9.47. The summed E-state index contributed by atoms with van der Waals surface area (Å²) in [6.07, 6.45) is 0.980. The van der Waals surface area contributed by atoms with Crippen LogP contribution >= 0.6 is 15.9 Å². The van der Waals surface area contributed by atoms with Gasteiger partial charge in [0, 0.05) is 28.8 Å². The summed E-state index contributed by atoms with van der Waals surface area (Å²) < 4.78 is 18.4. The van der Waals surface area contributed by atoms with E-state index in [2.05, 4.69) is 15.9 Å². The SMILES string of the molecule is NC(CS(=O)c1ccccc1Br)C1CCOC1. The minimum Gasteiger partial charge on any atom is -0.381 e. The van der Waals surface area contributed by atoms with Crippen molar-refractivity contribution in [2.45, 2.75) is 17.4 Å². The molecule has 0 aliphatic carbocycles. The van der Waals surface area contributed by atoms with Gasteiger partial charge in [-0.2, -0.15) is 0 Å². The highest BCUT2D eigenvalue weighted by atomic mass is 79.9. The Morgan fingerprint density at radius 1 is 1.53 bits per heavy atom. The molecule has 94 valence electrons. The van der Waals surface area contributed by atoms with Crippen LogP contribution in [0.3, 0.4) is 0 Å². The Morgan fingerprint density at radius 2 is 2.29 bits per heavy atom. The van der Waals surface area contributed by atoms with Crippen molar-refractivity contribution in [2.75, 3.05) is 19.0 Å². The lowest BCUT2D eigenvalue weighted by molar-refractivity contribution is 0.182. The van der Waals surface area contributed by atoms with Crippen molar-refractivity contribution in [2.24, 2.45) is 11.7 Å². The molecule has 0 radical (unpaired) electrons. The van der Waals surface area contributed by atoms with Crippen molar-refractivity contribution in [3.63, 3.8) is 0 Å². The van der Waals surface area contributed by atoms with Crippen LogP contribution in [0.2, 0.25) is 0 Å². The van der Waals surface area contributed by atoms with E-state index in [1.165, 1.54) is 0 Å². The molecule has 1 heterocycles. The van der Waals surface area contributed by atoms with Crippen LogP contribution in [-0.2, 0) is 15.5 Å². The molecule has 1 fully saturated rings. The van der Waals surface area contributed by atoms with Crippen molar-refractivity contribution in [1.29, 1.82) is 0 Å². The number of rotatable bonds is 4. The molecule has 0 bridgehead atoms. The van der Waals surface area contributed by atoms with E-state index in [1.54, 1.807) is 0 Å². The third-order valence-corrected chi connectivity index (χ3v) is 5.48. The van der Waals surface area contributed by atoms with E-state index in [4.69, 9.17) is 10.5 Å². The zero-order chi connectivity index (χ0) is 12.3. The van der Waals surface area contributed by atoms with Gasteiger partial charge >= 0.3 is 0 Å². The highest BCUT2D eigenvalue weighted by Crippen LogP contribution is 2.22. The van der Waals surface area contributed by atoms with E-state index in [0.717, 1.165) is 22.4 Å². The molecule has 5 heteroatoms. The van der Waals surface area contributed by atoms with Gasteiger partial charge in [-0.05, 0) is 34.5 Å². The average Bonchev–Trinajstić information content (AvgIpc) is 2.82. The number of halogens is 1. The molecule has 3 atom stereocenters. The number of hydrogen-bond acceptors (Lipinski definition) is 3. The average molecular weight is 318 g/mol. The molecule has 1 aliphatic rings. The summed E-state index contributed by atoms with van der Waals surface area (Å²) in [5, 5.41) is 0. The molecule has 1 aliphatic heterocycles. The molecule has 3 unspecified atom stereocenters. The number of benzene rings is 1. The van der Waals surface area contributed by atoms with E-state index in [0.29, 0.717) is 18.3 Å². The first-order valence-corrected chi connectivity index (χ1v) is 7.76. The first kappa shape index (κ1) is 13.2. The second kappa shape index (κ2) is 6.09. The molecule has 0 spiro atoms. The summed E-state index contributed by atoms with van der Waals surface area (Å²) in [6, 6.07) is 7.53. The summed E-state index contributed by atoms with van der Waals surface area (Å²) in [7, 11) is -1.05. The van der Waals surface area contributed by atoms with Gasteiger partial charge in [0.1, 0.15) is 0 Å². The van der Waals surface area contributed by atoms with Gasteiger partial charge in [0.05, 0.1) is 22.3 Å².